The number of carbonyl (C=O) groups excluding carboxylic acids is 3. The van der Waals surface area contributed by atoms with Crippen LogP contribution in [0.4, 0.5) is 4.79 Å². The molecule has 32 heavy (non-hydrogen) atoms. The zero-order valence-corrected chi connectivity index (χ0v) is 19.4. The lowest BCUT2D eigenvalue weighted by molar-refractivity contribution is -0.141. The molecule has 0 unspecified atom stereocenters. The molecular formula is C25H33N3O4. The van der Waals surface area contributed by atoms with Gasteiger partial charge >= 0.3 is 6.09 Å². The molecule has 7 nitrogen and oxygen atoms in total. The maximum atomic E-state index is 13.7. The van der Waals surface area contributed by atoms with Gasteiger partial charge in [-0.05, 0) is 69.6 Å². The number of imide groups is 1. The van der Waals surface area contributed by atoms with Crippen LogP contribution in [0.3, 0.4) is 0 Å². The monoisotopic (exact) mass is 439 g/mol. The smallest absolute Gasteiger partial charge is 0.409 e. The van der Waals surface area contributed by atoms with Crippen LogP contribution in [0.5, 0.6) is 0 Å². The fourth-order valence-corrected chi connectivity index (χ4v) is 4.96. The van der Waals surface area contributed by atoms with Crippen molar-refractivity contribution in [1.29, 1.82) is 0 Å². The summed E-state index contributed by atoms with van der Waals surface area (Å²) in [5.74, 6) is -0.381. The summed E-state index contributed by atoms with van der Waals surface area (Å²) >= 11 is 0. The minimum Gasteiger partial charge on any atom is -0.450 e. The third kappa shape index (κ3) is 4.12. The first-order chi connectivity index (χ1) is 15.4. The van der Waals surface area contributed by atoms with E-state index in [0.717, 1.165) is 49.0 Å². The number of likely N-dealkylation sites (tertiary alicyclic amines) is 2. The molecule has 2 fully saturated rings. The van der Waals surface area contributed by atoms with Crippen molar-refractivity contribution < 1.29 is 19.1 Å². The summed E-state index contributed by atoms with van der Waals surface area (Å²) in [7, 11) is 0. The van der Waals surface area contributed by atoms with Gasteiger partial charge in [0.2, 0.25) is 0 Å². The van der Waals surface area contributed by atoms with E-state index in [-0.39, 0.29) is 23.9 Å². The molecule has 172 valence electrons. The quantitative estimate of drug-likeness (QED) is 0.672. The van der Waals surface area contributed by atoms with E-state index in [9.17, 15) is 14.4 Å². The Labute approximate surface area is 190 Å². The fourth-order valence-electron chi connectivity index (χ4n) is 4.96. The van der Waals surface area contributed by atoms with Gasteiger partial charge in [-0.25, -0.2) is 4.79 Å². The van der Waals surface area contributed by atoms with E-state index in [4.69, 9.17) is 4.74 Å². The van der Waals surface area contributed by atoms with Gasteiger partial charge in [-0.1, -0.05) is 18.2 Å². The standard InChI is InChI=1S/C25H33N3O4/c1-4-32-25(31)27-14-10-20(11-15-27)28-23(29)21(19-9-8-17(2)18(3)16-19)22(24(28)30)26-12-6-5-7-13-26/h8-9,16,20H,4-7,10-15H2,1-3H3. The molecule has 7 heteroatoms. The zero-order chi connectivity index (χ0) is 22.8. The Morgan fingerprint density at radius 1 is 0.969 bits per heavy atom. The number of carbonyl (C=O) groups is 3. The zero-order valence-electron chi connectivity index (χ0n) is 19.4. The second-order valence-electron chi connectivity index (χ2n) is 8.97. The molecule has 0 spiro atoms. The predicted molar refractivity (Wildman–Crippen MR) is 122 cm³/mol. The summed E-state index contributed by atoms with van der Waals surface area (Å²) in [6.45, 7) is 8.78. The Morgan fingerprint density at radius 3 is 2.28 bits per heavy atom. The van der Waals surface area contributed by atoms with Crippen molar-refractivity contribution in [2.24, 2.45) is 0 Å². The molecule has 0 radical (unpaired) electrons. The average molecular weight is 440 g/mol. The number of rotatable bonds is 4. The lowest BCUT2D eigenvalue weighted by Crippen LogP contribution is -2.50. The van der Waals surface area contributed by atoms with Crippen LogP contribution in [-0.2, 0) is 14.3 Å². The highest BCUT2D eigenvalue weighted by Gasteiger charge is 2.45. The van der Waals surface area contributed by atoms with E-state index < -0.39 is 0 Å². The fraction of sp³-hybridized carbons (Fsp3) is 0.560. The number of ether oxygens (including phenoxy) is 1. The van der Waals surface area contributed by atoms with Gasteiger partial charge in [-0.15, -0.1) is 0 Å². The molecule has 0 aliphatic carbocycles. The van der Waals surface area contributed by atoms with Gasteiger partial charge in [0, 0.05) is 32.2 Å². The van der Waals surface area contributed by atoms with Crippen LogP contribution < -0.4 is 0 Å². The van der Waals surface area contributed by atoms with Crippen LogP contribution in [0.15, 0.2) is 23.9 Å². The van der Waals surface area contributed by atoms with E-state index in [1.165, 1.54) is 4.90 Å². The molecule has 1 aromatic carbocycles. The Balaban J connectivity index is 1.62. The highest BCUT2D eigenvalue weighted by molar-refractivity contribution is 6.35. The molecule has 0 aromatic heterocycles. The van der Waals surface area contributed by atoms with E-state index in [2.05, 4.69) is 4.90 Å². The molecule has 3 amide bonds. The van der Waals surface area contributed by atoms with Gasteiger partial charge < -0.3 is 14.5 Å². The van der Waals surface area contributed by atoms with Crippen LogP contribution in [0.2, 0.25) is 0 Å². The SMILES string of the molecule is CCOC(=O)N1CCC(N2C(=O)C(c3ccc(C)c(C)c3)=C(N3CCCCC3)C2=O)CC1. The molecule has 0 N–H and O–H groups in total. The molecule has 0 atom stereocenters. The highest BCUT2D eigenvalue weighted by Crippen LogP contribution is 2.36. The molecule has 0 bridgehead atoms. The van der Waals surface area contributed by atoms with Crippen LogP contribution in [0, 0.1) is 13.8 Å². The molecule has 3 heterocycles. The number of benzene rings is 1. The Bertz CT molecular complexity index is 941. The number of aryl methyl sites for hydroxylation is 2. The van der Waals surface area contributed by atoms with Crippen molar-refractivity contribution >= 4 is 23.5 Å². The summed E-state index contributed by atoms with van der Waals surface area (Å²) < 4.78 is 5.10. The van der Waals surface area contributed by atoms with E-state index in [1.54, 1.807) is 11.8 Å². The third-order valence-electron chi connectivity index (χ3n) is 6.91. The van der Waals surface area contributed by atoms with Crippen LogP contribution in [0.1, 0.15) is 55.7 Å². The number of piperidine rings is 2. The van der Waals surface area contributed by atoms with Crippen molar-refractivity contribution in [2.45, 2.75) is 58.9 Å². The van der Waals surface area contributed by atoms with Crippen LogP contribution in [0.25, 0.3) is 5.57 Å². The normalized spacial score (nSPS) is 20.4. The molecular weight excluding hydrogens is 406 g/mol. The summed E-state index contributed by atoms with van der Waals surface area (Å²) in [5.41, 5.74) is 4.18. The van der Waals surface area contributed by atoms with Crippen LogP contribution >= 0.6 is 0 Å². The maximum absolute atomic E-state index is 13.7. The molecule has 3 aliphatic heterocycles. The second-order valence-corrected chi connectivity index (χ2v) is 8.97. The molecule has 4 rings (SSSR count). The summed E-state index contributed by atoms with van der Waals surface area (Å²) in [6, 6.07) is 5.79. The number of amides is 3. The summed E-state index contributed by atoms with van der Waals surface area (Å²) in [4.78, 5) is 44.7. The first kappa shape index (κ1) is 22.4. The van der Waals surface area contributed by atoms with Crippen molar-refractivity contribution in [3.05, 3.63) is 40.6 Å². The topological polar surface area (TPSA) is 70.2 Å². The largest absolute Gasteiger partial charge is 0.450 e. The van der Waals surface area contributed by atoms with E-state index >= 15 is 0 Å². The number of nitrogens with zero attached hydrogens (tertiary/aromatic N) is 3. The van der Waals surface area contributed by atoms with Crippen molar-refractivity contribution in [3.63, 3.8) is 0 Å². The first-order valence-corrected chi connectivity index (χ1v) is 11.8. The van der Waals surface area contributed by atoms with Gasteiger partial charge in [-0.2, -0.15) is 0 Å². The minimum atomic E-state index is -0.326. The molecule has 0 saturated carbocycles. The van der Waals surface area contributed by atoms with Crippen LogP contribution in [-0.4, -0.2) is 71.4 Å². The van der Waals surface area contributed by atoms with Gasteiger partial charge in [0.15, 0.2) is 0 Å². The third-order valence-corrected chi connectivity index (χ3v) is 6.91. The molecule has 3 aliphatic rings. The lowest BCUT2D eigenvalue weighted by atomic mass is 9.98. The van der Waals surface area contributed by atoms with Gasteiger partial charge in [0.25, 0.3) is 11.8 Å². The van der Waals surface area contributed by atoms with Gasteiger partial charge in [0.05, 0.1) is 12.2 Å². The summed E-state index contributed by atoms with van der Waals surface area (Å²) in [6.07, 6.45) is 4.04. The number of hydrogen-bond donors (Lipinski definition) is 0. The minimum absolute atomic E-state index is 0.181. The second kappa shape index (κ2) is 9.35. The highest BCUT2D eigenvalue weighted by atomic mass is 16.6. The predicted octanol–water partition coefficient (Wildman–Crippen LogP) is 3.49. The maximum Gasteiger partial charge on any atom is 0.409 e. The Morgan fingerprint density at radius 2 is 1.66 bits per heavy atom. The first-order valence-electron chi connectivity index (χ1n) is 11.8. The van der Waals surface area contributed by atoms with Crippen molar-refractivity contribution in [1.82, 2.24) is 14.7 Å². The van der Waals surface area contributed by atoms with Gasteiger partial charge in [-0.3, -0.25) is 14.5 Å². The van der Waals surface area contributed by atoms with Crippen molar-refractivity contribution in [3.8, 4) is 0 Å². The Hall–Kier alpha value is -2.83. The Kier molecular flexibility index (Phi) is 6.53. The molecule has 2 saturated heterocycles. The van der Waals surface area contributed by atoms with E-state index in [0.29, 0.717) is 43.8 Å². The molecule has 1 aromatic rings. The summed E-state index contributed by atoms with van der Waals surface area (Å²) in [5, 5.41) is 0. The van der Waals surface area contributed by atoms with Gasteiger partial charge in [0.1, 0.15) is 5.70 Å². The number of hydrogen-bond acceptors (Lipinski definition) is 5. The average Bonchev–Trinajstić information content (AvgIpc) is 3.06. The van der Waals surface area contributed by atoms with Crippen molar-refractivity contribution in [2.75, 3.05) is 32.8 Å². The van der Waals surface area contributed by atoms with E-state index in [1.807, 2.05) is 32.0 Å². The lowest BCUT2D eigenvalue weighted by Gasteiger charge is -2.36.